The molecule has 0 aliphatic rings. The number of hydrogen-bond donors (Lipinski definition) is 2. The van der Waals surface area contributed by atoms with Gasteiger partial charge in [0.1, 0.15) is 24.3 Å². The highest BCUT2D eigenvalue weighted by atomic mass is 16.5. The maximum absolute atomic E-state index is 10.1. The topological polar surface area (TPSA) is 80.2 Å². The van der Waals surface area contributed by atoms with Crippen LogP contribution in [0.25, 0.3) is 11.4 Å². The number of aromatic nitrogens is 3. The summed E-state index contributed by atoms with van der Waals surface area (Å²) in [5.41, 5.74) is 1.69. The molecule has 6 nitrogen and oxygen atoms in total. The third kappa shape index (κ3) is 4.99. The zero-order chi connectivity index (χ0) is 17.5. The van der Waals surface area contributed by atoms with Crippen LogP contribution in [0, 0.1) is 6.92 Å². The molecule has 6 heteroatoms. The smallest absolute Gasteiger partial charge is 0.163 e. The number of rotatable bonds is 7. The molecule has 0 radical (unpaired) electrons. The Hall–Kier alpha value is -2.99. The molecule has 0 spiro atoms. The zero-order valence-electron chi connectivity index (χ0n) is 14.0. The summed E-state index contributed by atoms with van der Waals surface area (Å²) in [5, 5.41) is 13.2. The first-order chi connectivity index (χ1) is 12.2. The van der Waals surface area contributed by atoms with Gasteiger partial charge in [0, 0.05) is 36.3 Å². The largest absolute Gasteiger partial charge is 0.491 e. The number of aryl methyl sites for hydroxylation is 1. The SMILES string of the molecule is Cc1cc(NC[C@H](O)COc2ccccc2)nc(-c2cccnc2)n1. The number of pyridine rings is 1. The van der Waals surface area contributed by atoms with Crippen molar-refractivity contribution < 1.29 is 9.84 Å². The molecule has 128 valence electrons. The van der Waals surface area contributed by atoms with Crippen LogP contribution in [-0.2, 0) is 0 Å². The summed E-state index contributed by atoms with van der Waals surface area (Å²) in [4.78, 5) is 13.0. The van der Waals surface area contributed by atoms with Gasteiger partial charge >= 0.3 is 0 Å². The van der Waals surface area contributed by atoms with Gasteiger partial charge in [-0.3, -0.25) is 4.98 Å². The van der Waals surface area contributed by atoms with Crippen molar-refractivity contribution in [1.29, 1.82) is 0 Å². The Morgan fingerprint density at radius 1 is 1.12 bits per heavy atom. The molecule has 0 amide bonds. The molecule has 0 aliphatic heterocycles. The lowest BCUT2D eigenvalue weighted by atomic mass is 10.2. The molecule has 0 unspecified atom stereocenters. The van der Waals surface area contributed by atoms with Crippen molar-refractivity contribution in [2.75, 3.05) is 18.5 Å². The van der Waals surface area contributed by atoms with Gasteiger partial charge in [0.15, 0.2) is 5.82 Å². The molecule has 0 saturated heterocycles. The highest BCUT2D eigenvalue weighted by molar-refractivity contribution is 5.56. The highest BCUT2D eigenvalue weighted by Crippen LogP contribution is 2.16. The maximum atomic E-state index is 10.1. The lowest BCUT2D eigenvalue weighted by molar-refractivity contribution is 0.117. The van der Waals surface area contributed by atoms with Gasteiger partial charge in [-0.15, -0.1) is 0 Å². The van der Waals surface area contributed by atoms with E-state index in [1.54, 1.807) is 12.4 Å². The Morgan fingerprint density at radius 3 is 2.72 bits per heavy atom. The van der Waals surface area contributed by atoms with Crippen molar-refractivity contribution in [2.24, 2.45) is 0 Å². The van der Waals surface area contributed by atoms with Gasteiger partial charge in [-0.05, 0) is 31.2 Å². The fourth-order valence-corrected chi connectivity index (χ4v) is 2.27. The summed E-state index contributed by atoms with van der Waals surface area (Å²) in [7, 11) is 0. The monoisotopic (exact) mass is 336 g/mol. The molecule has 3 rings (SSSR count). The van der Waals surface area contributed by atoms with E-state index in [1.807, 2.05) is 55.5 Å². The number of ether oxygens (including phenoxy) is 1. The molecule has 0 aliphatic carbocycles. The van der Waals surface area contributed by atoms with E-state index in [9.17, 15) is 5.11 Å². The van der Waals surface area contributed by atoms with Gasteiger partial charge in [-0.1, -0.05) is 18.2 Å². The molecule has 1 atom stereocenters. The minimum absolute atomic E-state index is 0.205. The normalized spacial score (nSPS) is 11.8. The fraction of sp³-hybridized carbons (Fsp3) is 0.211. The lowest BCUT2D eigenvalue weighted by Crippen LogP contribution is -2.26. The van der Waals surface area contributed by atoms with Crippen LogP contribution in [0.5, 0.6) is 5.75 Å². The summed E-state index contributed by atoms with van der Waals surface area (Å²) in [6.07, 6.45) is 2.78. The van der Waals surface area contributed by atoms with Crippen molar-refractivity contribution in [2.45, 2.75) is 13.0 Å². The number of aliphatic hydroxyl groups excluding tert-OH is 1. The van der Waals surface area contributed by atoms with Gasteiger partial charge in [0.2, 0.25) is 0 Å². The van der Waals surface area contributed by atoms with Crippen molar-refractivity contribution in [3.8, 4) is 17.1 Å². The summed E-state index contributed by atoms with van der Waals surface area (Å²) in [5.74, 6) is 1.99. The molecule has 0 saturated carbocycles. The summed E-state index contributed by atoms with van der Waals surface area (Å²) < 4.78 is 5.54. The fourth-order valence-electron chi connectivity index (χ4n) is 2.27. The molecule has 2 aromatic heterocycles. The summed E-state index contributed by atoms with van der Waals surface area (Å²) in [6, 6.07) is 15.0. The van der Waals surface area contributed by atoms with Gasteiger partial charge in [0.05, 0.1) is 0 Å². The molecule has 3 aromatic rings. The van der Waals surface area contributed by atoms with Crippen LogP contribution >= 0.6 is 0 Å². The molecular formula is C19H20N4O2. The third-order valence-electron chi connectivity index (χ3n) is 3.48. The Balaban J connectivity index is 1.58. The lowest BCUT2D eigenvalue weighted by Gasteiger charge is -2.14. The van der Waals surface area contributed by atoms with Crippen LogP contribution in [0.4, 0.5) is 5.82 Å². The summed E-state index contributed by atoms with van der Waals surface area (Å²) >= 11 is 0. The molecule has 25 heavy (non-hydrogen) atoms. The van der Waals surface area contributed by atoms with E-state index in [4.69, 9.17) is 4.74 Å². The quantitative estimate of drug-likeness (QED) is 0.690. The van der Waals surface area contributed by atoms with Gasteiger partial charge in [0.25, 0.3) is 0 Å². The molecule has 0 bridgehead atoms. The van der Waals surface area contributed by atoms with E-state index in [-0.39, 0.29) is 6.61 Å². The van der Waals surface area contributed by atoms with E-state index in [0.717, 1.165) is 17.0 Å². The molecule has 1 aromatic carbocycles. The van der Waals surface area contributed by atoms with Gasteiger partial charge in [-0.25, -0.2) is 9.97 Å². The average molecular weight is 336 g/mol. The van der Waals surface area contributed by atoms with Crippen LogP contribution in [0.15, 0.2) is 60.9 Å². The molecule has 2 heterocycles. The average Bonchev–Trinajstić information content (AvgIpc) is 2.66. The van der Waals surface area contributed by atoms with Crippen LogP contribution in [0.2, 0.25) is 0 Å². The standard InChI is InChI=1S/C19H20N4O2/c1-14-10-18(23-19(22-14)15-6-5-9-20-11-15)21-12-16(24)13-25-17-7-3-2-4-8-17/h2-11,16,24H,12-13H2,1H3,(H,21,22,23)/t16-/m0/s1. The first kappa shape index (κ1) is 16.9. The number of anilines is 1. The van der Waals surface area contributed by atoms with E-state index in [2.05, 4.69) is 20.3 Å². The van der Waals surface area contributed by atoms with E-state index in [1.165, 1.54) is 0 Å². The number of para-hydroxylation sites is 1. The van der Waals surface area contributed by atoms with Crippen LogP contribution < -0.4 is 10.1 Å². The maximum Gasteiger partial charge on any atom is 0.163 e. The second-order valence-corrected chi connectivity index (χ2v) is 5.62. The minimum Gasteiger partial charge on any atom is -0.491 e. The molecule has 2 N–H and O–H groups in total. The number of hydrogen-bond acceptors (Lipinski definition) is 6. The van der Waals surface area contributed by atoms with Crippen LogP contribution in [0.3, 0.4) is 0 Å². The number of aliphatic hydroxyl groups is 1. The minimum atomic E-state index is -0.655. The Kier molecular flexibility index (Phi) is 5.53. The molecule has 0 fully saturated rings. The van der Waals surface area contributed by atoms with Crippen molar-refractivity contribution >= 4 is 5.82 Å². The second kappa shape index (κ2) is 8.21. The van der Waals surface area contributed by atoms with Gasteiger partial charge < -0.3 is 15.2 Å². The van der Waals surface area contributed by atoms with E-state index in [0.29, 0.717) is 18.2 Å². The Labute approximate surface area is 146 Å². The van der Waals surface area contributed by atoms with Crippen molar-refractivity contribution in [1.82, 2.24) is 15.0 Å². The third-order valence-corrected chi connectivity index (χ3v) is 3.48. The number of nitrogens with one attached hydrogen (secondary N) is 1. The van der Waals surface area contributed by atoms with E-state index >= 15 is 0 Å². The van der Waals surface area contributed by atoms with Crippen molar-refractivity contribution in [3.63, 3.8) is 0 Å². The number of nitrogens with zero attached hydrogens (tertiary/aromatic N) is 3. The highest BCUT2D eigenvalue weighted by Gasteiger charge is 2.08. The first-order valence-corrected chi connectivity index (χ1v) is 8.06. The Bertz CT molecular complexity index is 797. The first-order valence-electron chi connectivity index (χ1n) is 8.06. The summed E-state index contributed by atoms with van der Waals surface area (Å²) in [6.45, 7) is 2.44. The zero-order valence-corrected chi connectivity index (χ0v) is 14.0. The second-order valence-electron chi connectivity index (χ2n) is 5.62. The predicted octanol–water partition coefficient (Wildman–Crippen LogP) is 2.70. The van der Waals surface area contributed by atoms with E-state index < -0.39 is 6.10 Å². The predicted molar refractivity (Wildman–Crippen MR) is 96.4 cm³/mol. The van der Waals surface area contributed by atoms with Crippen molar-refractivity contribution in [3.05, 3.63) is 66.6 Å². The van der Waals surface area contributed by atoms with Gasteiger partial charge in [-0.2, -0.15) is 0 Å². The Morgan fingerprint density at radius 2 is 1.96 bits per heavy atom. The molecular weight excluding hydrogens is 316 g/mol. The van der Waals surface area contributed by atoms with Crippen LogP contribution in [0.1, 0.15) is 5.69 Å². The number of benzene rings is 1. The van der Waals surface area contributed by atoms with Crippen LogP contribution in [-0.4, -0.2) is 39.3 Å².